The molecule has 1 aromatic carbocycles. The van der Waals surface area contributed by atoms with Gasteiger partial charge in [-0.1, -0.05) is 30.0 Å². The van der Waals surface area contributed by atoms with Crippen molar-refractivity contribution in [3.05, 3.63) is 65.0 Å². The Balaban J connectivity index is 1.65. The first-order valence-corrected chi connectivity index (χ1v) is 7.81. The van der Waals surface area contributed by atoms with Crippen LogP contribution in [0.25, 0.3) is 0 Å². The number of fused-ring (bicyclic) bond motifs is 3. The van der Waals surface area contributed by atoms with E-state index in [0.29, 0.717) is 6.04 Å². The van der Waals surface area contributed by atoms with Crippen molar-refractivity contribution in [1.82, 2.24) is 10.3 Å². The minimum Gasteiger partial charge on any atom is -0.371 e. The molecule has 2 aromatic rings. The summed E-state index contributed by atoms with van der Waals surface area (Å²) in [6.45, 7) is 1.71. The van der Waals surface area contributed by atoms with Crippen molar-refractivity contribution >= 4 is 0 Å². The third-order valence-corrected chi connectivity index (χ3v) is 4.30. The molecule has 1 fully saturated rings. The largest absolute Gasteiger partial charge is 0.371 e. The first kappa shape index (κ1) is 13.5. The first-order chi connectivity index (χ1) is 10.9. The second kappa shape index (κ2) is 5.92. The van der Waals surface area contributed by atoms with Gasteiger partial charge in [0.05, 0.1) is 12.7 Å². The van der Waals surface area contributed by atoms with E-state index in [1.165, 1.54) is 5.56 Å². The Morgan fingerprint density at radius 3 is 2.91 bits per heavy atom. The van der Waals surface area contributed by atoms with Crippen LogP contribution in [0, 0.1) is 11.8 Å². The standard InChI is InChI=1S/C19H18N2O/c1-2-4-14(5-3-1)6-7-15-12-16-17(21-13-15)8-9-18-19(16)22-11-10-20-18/h1-5,12-13,18-20H,8-11H2/t18-,19+/m0/s1. The molecule has 1 aliphatic heterocycles. The molecule has 2 atom stereocenters. The number of aromatic nitrogens is 1. The van der Waals surface area contributed by atoms with Crippen LogP contribution >= 0.6 is 0 Å². The number of nitrogens with zero attached hydrogens (tertiary/aromatic N) is 1. The predicted molar refractivity (Wildman–Crippen MR) is 85.5 cm³/mol. The normalized spacial score (nSPS) is 22.9. The van der Waals surface area contributed by atoms with E-state index >= 15 is 0 Å². The number of nitrogens with one attached hydrogen (secondary N) is 1. The molecule has 3 nitrogen and oxygen atoms in total. The maximum absolute atomic E-state index is 5.98. The molecule has 22 heavy (non-hydrogen) atoms. The summed E-state index contributed by atoms with van der Waals surface area (Å²) in [7, 11) is 0. The van der Waals surface area contributed by atoms with Gasteiger partial charge in [-0.2, -0.15) is 0 Å². The molecule has 0 amide bonds. The Morgan fingerprint density at radius 2 is 2.00 bits per heavy atom. The fourth-order valence-corrected chi connectivity index (χ4v) is 3.21. The van der Waals surface area contributed by atoms with Crippen LogP contribution in [-0.2, 0) is 11.2 Å². The minimum atomic E-state index is 0.128. The van der Waals surface area contributed by atoms with Crippen molar-refractivity contribution in [3.8, 4) is 11.8 Å². The summed E-state index contributed by atoms with van der Waals surface area (Å²) in [5, 5.41) is 3.55. The number of rotatable bonds is 0. The highest BCUT2D eigenvalue weighted by Gasteiger charge is 2.33. The summed E-state index contributed by atoms with van der Waals surface area (Å²) in [6, 6.07) is 12.6. The quantitative estimate of drug-likeness (QED) is 0.757. The SMILES string of the molecule is C(#Cc1cnc2c(c1)[C@H]1OCCN[C@H]1CC2)c1ccccc1. The van der Waals surface area contributed by atoms with Crippen molar-refractivity contribution in [3.63, 3.8) is 0 Å². The summed E-state index contributed by atoms with van der Waals surface area (Å²) >= 11 is 0. The Hall–Kier alpha value is -2.15. The fourth-order valence-electron chi connectivity index (χ4n) is 3.21. The Bertz CT molecular complexity index is 730. The highest BCUT2D eigenvalue weighted by atomic mass is 16.5. The average molecular weight is 290 g/mol. The number of pyridine rings is 1. The summed E-state index contributed by atoms with van der Waals surface area (Å²) in [5.74, 6) is 6.41. The summed E-state index contributed by atoms with van der Waals surface area (Å²) in [6.07, 6.45) is 4.12. The van der Waals surface area contributed by atoms with E-state index < -0.39 is 0 Å². The lowest BCUT2D eigenvalue weighted by molar-refractivity contribution is -0.0132. The fraction of sp³-hybridized carbons (Fsp3) is 0.316. The molecule has 2 heterocycles. The maximum atomic E-state index is 5.98. The van der Waals surface area contributed by atoms with Crippen LogP contribution in [0.15, 0.2) is 42.6 Å². The Kier molecular flexibility index (Phi) is 3.64. The van der Waals surface area contributed by atoms with Gasteiger partial charge >= 0.3 is 0 Å². The molecule has 0 spiro atoms. The van der Waals surface area contributed by atoms with Crippen LogP contribution in [0.3, 0.4) is 0 Å². The van der Waals surface area contributed by atoms with Crippen LogP contribution in [-0.4, -0.2) is 24.2 Å². The van der Waals surface area contributed by atoms with E-state index in [1.54, 1.807) is 0 Å². The molecule has 0 saturated carbocycles. The summed E-state index contributed by atoms with van der Waals surface area (Å²) in [4.78, 5) is 4.61. The van der Waals surface area contributed by atoms with Gasteiger partial charge in [-0.15, -0.1) is 0 Å². The zero-order chi connectivity index (χ0) is 14.8. The van der Waals surface area contributed by atoms with Crippen molar-refractivity contribution in [2.24, 2.45) is 0 Å². The van der Waals surface area contributed by atoms with Crippen molar-refractivity contribution in [2.45, 2.75) is 25.0 Å². The van der Waals surface area contributed by atoms with Crippen LogP contribution in [0.2, 0.25) is 0 Å². The van der Waals surface area contributed by atoms with Gasteiger partial charge in [0.15, 0.2) is 0 Å². The molecule has 110 valence electrons. The zero-order valence-electron chi connectivity index (χ0n) is 12.4. The molecule has 3 heteroatoms. The second-order valence-electron chi connectivity index (χ2n) is 5.77. The molecule has 2 aliphatic rings. The van der Waals surface area contributed by atoms with Gasteiger partial charge in [0.1, 0.15) is 0 Å². The molecular weight excluding hydrogens is 272 g/mol. The van der Waals surface area contributed by atoms with Gasteiger partial charge in [-0.3, -0.25) is 4.98 Å². The Morgan fingerprint density at radius 1 is 1.14 bits per heavy atom. The van der Waals surface area contributed by atoms with Gasteiger partial charge in [-0.05, 0) is 31.0 Å². The molecule has 1 N–H and O–H groups in total. The third kappa shape index (κ3) is 2.64. The molecule has 1 aromatic heterocycles. The number of ether oxygens (including phenoxy) is 1. The number of aryl methyl sites for hydroxylation is 1. The van der Waals surface area contributed by atoms with E-state index in [2.05, 4.69) is 28.2 Å². The molecule has 0 bridgehead atoms. The summed E-state index contributed by atoms with van der Waals surface area (Å²) < 4.78 is 5.98. The number of hydrogen-bond donors (Lipinski definition) is 1. The maximum Gasteiger partial charge on any atom is 0.0996 e. The van der Waals surface area contributed by atoms with Crippen LogP contribution in [0.4, 0.5) is 0 Å². The number of hydrogen-bond acceptors (Lipinski definition) is 3. The van der Waals surface area contributed by atoms with Gasteiger partial charge in [0.2, 0.25) is 0 Å². The molecule has 0 unspecified atom stereocenters. The van der Waals surface area contributed by atoms with Crippen molar-refractivity contribution in [2.75, 3.05) is 13.2 Å². The smallest absolute Gasteiger partial charge is 0.0996 e. The van der Waals surface area contributed by atoms with E-state index in [4.69, 9.17) is 4.74 Å². The van der Waals surface area contributed by atoms with E-state index in [0.717, 1.165) is 42.8 Å². The van der Waals surface area contributed by atoms with Crippen molar-refractivity contribution < 1.29 is 4.74 Å². The Labute approximate surface area is 130 Å². The lowest BCUT2D eigenvalue weighted by Crippen LogP contribution is -2.46. The lowest BCUT2D eigenvalue weighted by atomic mass is 9.87. The summed E-state index contributed by atoms with van der Waals surface area (Å²) in [5.41, 5.74) is 4.35. The monoisotopic (exact) mass is 290 g/mol. The molecule has 1 aliphatic carbocycles. The van der Waals surface area contributed by atoms with Crippen LogP contribution in [0.5, 0.6) is 0 Å². The first-order valence-electron chi connectivity index (χ1n) is 7.81. The van der Waals surface area contributed by atoms with Gasteiger partial charge in [0, 0.05) is 41.2 Å². The topological polar surface area (TPSA) is 34.1 Å². The second-order valence-corrected chi connectivity index (χ2v) is 5.77. The molecule has 0 radical (unpaired) electrons. The zero-order valence-corrected chi connectivity index (χ0v) is 12.4. The lowest BCUT2D eigenvalue weighted by Gasteiger charge is -2.37. The van der Waals surface area contributed by atoms with Crippen molar-refractivity contribution in [1.29, 1.82) is 0 Å². The molecular formula is C19H18N2O. The van der Waals surface area contributed by atoms with Crippen LogP contribution < -0.4 is 5.32 Å². The number of morpholine rings is 1. The van der Waals surface area contributed by atoms with Gasteiger partial charge < -0.3 is 10.1 Å². The van der Waals surface area contributed by atoms with E-state index in [1.807, 2.05) is 36.5 Å². The minimum absolute atomic E-state index is 0.128. The van der Waals surface area contributed by atoms with E-state index in [-0.39, 0.29) is 6.10 Å². The molecule has 1 saturated heterocycles. The van der Waals surface area contributed by atoms with Gasteiger partial charge in [-0.25, -0.2) is 0 Å². The average Bonchev–Trinajstić information content (AvgIpc) is 2.60. The third-order valence-electron chi connectivity index (χ3n) is 4.30. The highest BCUT2D eigenvalue weighted by molar-refractivity contribution is 5.44. The molecule has 4 rings (SSSR count). The van der Waals surface area contributed by atoms with Crippen LogP contribution in [0.1, 0.15) is 34.9 Å². The number of benzene rings is 1. The highest BCUT2D eigenvalue weighted by Crippen LogP contribution is 2.33. The van der Waals surface area contributed by atoms with E-state index in [9.17, 15) is 0 Å². The predicted octanol–water partition coefficient (Wildman–Crippen LogP) is 2.46. The van der Waals surface area contributed by atoms with Gasteiger partial charge in [0.25, 0.3) is 0 Å².